The van der Waals surface area contributed by atoms with Crippen LogP contribution in [0, 0.1) is 0 Å². The van der Waals surface area contributed by atoms with E-state index in [9.17, 15) is 0 Å². The molecule has 0 atom stereocenters. The van der Waals surface area contributed by atoms with E-state index in [-0.39, 0.29) is 0 Å². The summed E-state index contributed by atoms with van der Waals surface area (Å²) in [6.07, 6.45) is 1.38. The van der Waals surface area contributed by atoms with Crippen molar-refractivity contribution >= 4 is 56.5 Å². The minimum atomic E-state index is 0.423. The van der Waals surface area contributed by atoms with Gasteiger partial charge in [-0.05, 0) is 28.1 Å². The van der Waals surface area contributed by atoms with Gasteiger partial charge in [-0.2, -0.15) is 0 Å². The predicted octanol–water partition coefficient (Wildman–Crippen LogP) is 3.58. The van der Waals surface area contributed by atoms with E-state index in [0.717, 1.165) is 0 Å². The van der Waals surface area contributed by atoms with Crippen molar-refractivity contribution in [3.63, 3.8) is 0 Å². The average Bonchev–Trinajstić information content (AvgIpc) is 2.37. The van der Waals surface area contributed by atoms with Gasteiger partial charge >= 0.3 is 0 Å². The van der Waals surface area contributed by atoms with E-state index < -0.39 is 0 Å². The SMILES string of the molecule is NNc1ncnc(Nc2cccc(Cl)c2Cl)c1Br. The van der Waals surface area contributed by atoms with Crippen LogP contribution in [-0.4, -0.2) is 9.97 Å². The van der Waals surface area contributed by atoms with Gasteiger partial charge in [0.2, 0.25) is 0 Å². The number of hydrazine groups is 1. The number of benzene rings is 1. The van der Waals surface area contributed by atoms with Crippen LogP contribution in [0.3, 0.4) is 0 Å². The second-order valence-corrected chi connectivity index (χ2v) is 4.83. The van der Waals surface area contributed by atoms with Gasteiger partial charge in [0.15, 0.2) is 5.82 Å². The summed E-state index contributed by atoms with van der Waals surface area (Å²) in [6.45, 7) is 0. The van der Waals surface area contributed by atoms with E-state index in [1.807, 2.05) is 0 Å². The van der Waals surface area contributed by atoms with Crippen LogP contribution < -0.4 is 16.6 Å². The first-order chi connectivity index (χ1) is 8.63. The number of rotatable bonds is 3. The first-order valence-corrected chi connectivity index (χ1v) is 6.36. The Morgan fingerprint density at radius 1 is 1.17 bits per heavy atom. The molecule has 0 saturated heterocycles. The lowest BCUT2D eigenvalue weighted by molar-refractivity contribution is 1.12. The molecule has 0 bridgehead atoms. The number of hydrogen-bond acceptors (Lipinski definition) is 5. The summed E-state index contributed by atoms with van der Waals surface area (Å²) in [5, 5.41) is 3.93. The molecule has 0 saturated carbocycles. The lowest BCUT2D eigenvalue weighted by Crippen LogP contribution is -2.10. The van der Waals surface area contributed by atoms with Gasteiger partial charge in [0, 0.05) is 0 Å². The van der Waals surface area contributed by atoms with Crippen LogP contribution >= 0.6 is 39.1 Å². The summed E-state index contributed by atoms with van der Waals surface area (Å²) in [7, 11) is 0. The number of anilines is 3. The second-order valence-electron chi connectivity index (χ2n) is 3.26. The van der Waals surface area contributed by atoms with Crippen molar-refractivity contribution in [2.45, 2.75) is 0 Å². The Morgan fingerprint density at radius 2 is 1.89 bits per heavy atom. The number of hydrogen-bond donors (Lipinski definition) is 3. The molecule has 1 aromatic heterocycles. The highest BCUT2D eigenvalue weighted by Gasteiger charge is 2.10. The number of nitrogens with two attached hydrogens (primary N) is 1. The van der Waals surface area contributed by atoms with Gasteiger partial charge in [0.25, 0.3) is 0 Å². The number of nitrogens with zero attached hydrogens (tertiary/aromatic N) is 2. The molecule has 2 rings (SSSR count). The third-order valence-electron chi connectivity index (χ3n) is 2.13. The Labute approximate surface area is 122 Å². The van der Waals surface area contributed by atoms with E-state index in [1.54, 1.807) is 18.2 Å². The molecule has 0 spiro atoms. The molecule has 0 radical (unpaired) electrons. The van der Waals surface area contributed by atoms with Gasteiger partial charge in [0.05, 0.1) is 15.7 Å². The first kappa shape index (κ1) is 13.4. The molecule has 2 aromatic rings. The molecule has 18 heavy (non-hydrogen) atoms. The van der Waals surface area contributed by atoms with Gasteiger partial charge < -0.3 is 10.7 Å². The number of nitrogens with one attached hydrogen (secondary N) is 2. The number of nitrogen functional groups attached to an aromatic ring is 1. The van der Waals surface area contributed by atoms with Crippen LogP contribution in [0.5, 0.6) is 0 Å². The summed E-state index contributed by atoms with van der Waals surface area (Å²) in [5.41, 5.74) is 3.10. The zero-order valence-corrected chi connectivity index (χ0v) is 12.0. The molecule has 8 heteroatoms. The lowest BCUT2D eigenvalue weighted by atomic mass is 10.3. The molecule has 0 aliphatic heterocycles. The fourth-order valence-corrected chi connectivity index (χ4v) is 2.05. The van der Waals surface area contributed by atoms with Crippen LogP contribution in [0.1, 0.15) is 0 Å². The van der Waals surface area contributed by atoms with Crippen LogP contribution in [0.4, 0.5) is 17.3 Å². The van der Waals surface area contributed by atoms with E-state index in [4.69, 9.17) is 29.0 Å². The van der Waals surface area contributed by atoms with E-state index >= 15 is 0 Å². The van der Waals surface area contributed by atoms with Gasteiger partial charge in [-0.3, -0.25) is 0 Å². The Bertz CT molecular complexity index is 578. The minimum absolute atomic E-state index is 0.423. The topological polar surface area (TPSA) is 75.9 Å². The van der Waals surface area contributed by atoms with E-state index in [2.05, 4.69) is 36.6 Å². The minimum Gasteiger partial charge on any atom is -0.338 e. The predicted molar refractivity (Wildman–Crippen MR) is 77.3 cm³/mol. The van der Waals surface area contributed by atoms with Gasteiger partial charge in [0.1, 0.15) is 16.6 Å². The zero-order valence-electron chi connectivity index (χ0n) is 8.92. The first-order valence-electron chi connectivity index (χ1n) is 4.81. The maximum Gasteiger partial charge on any atom is 0.159 e. The Kier molecular flexibility index (Phi) is 4.23. The second kappa shape index (κ2) is 5.71. The molecule has 0 fully saturated rings. The maximum atomic E-state index is 6.08. The van der Waals surface area contributed by atoms with Crippen molar-refractivity contribution < 1.29 is 0 Å². The number of aromatic nitrogens is 2. The highest BCUT2D eigenvalue weighted by molar-refractivity contribution is 9.10. The quantitative estimate of drug-likeness (QED) is 0.584. The zero-order chi connectivity index (χ0) is 13.1. The molecule has 94 valence electrons. The molecule has 5 nitrogen and oxygen atoms in total. The Morgan fingerprint density at radius 3 is 2.61 bits per heavy atom. The molecular weight excluding hydrogens is 341 g/mol. The molecule has 0 amide bonds. The monoisotopic (exact) mass is 347 g/mol. The van der Waals surface area contributed by atoms with Crippen LogP contribution in [0.25, 0.3) is 0 Å². The van der Waals surface area contributed by atoms with Gasteiger partial charge in [-0.15, -0.1) is 0 Å². The van der Waals surface area contributed by atoms with Crippen LogP contribution in [0.2, 0.25) is 10.0 Å². The van der Waals surface area contributed by atoms with E-state index in [1.165, 1.54) is 6.33 Å². The normalized spacial score (nSPS) is 10.2. The van der Waals surface area contributed by atoms with Crippen LogP contribution in [0.15, 0.2) is 29.0 Å². The smallest absolute Gasteiger partial charge is 0.159 e. The van der Waals surface area contributed by atoms with Crippen molar-refractivity contribution in [2.24, 2.45) is 5.84 Å². The summed E-state index contributed by atoms with van der Waals surface area (Å²) in [6, 6.07) is 5.28. The maximum absolute atomic E-state index is 6.08. The van der Waals surface area contributed by atoms with Gasteiger partial charge in [-0.25, -0.2) is 15.8 Å². The summed E-state index contributed by atoms with van der Waals surface area (Å²) < 4.78 is 0.601. The number of halogens is 3. The summed E-state index contributed by atoms with van der Waals surface area (Å²) in [5.74, 6) is 6.32. The average molecular weight is 349 g/mol. The largest absolute Gasteiger partial charge is 0.338 e. The molecule has 0 aliphatic carbocycles. The van der Waals surface area contributed by atoms with Crippen molar-refractivity contribution in [1.82, 2.24) is 9.97 Å². The van der Waals surface area contributed by atoms with Crippen molar-refractivity contribution in [3.8, 4) is 0 Å². The van der Waals surface area contributed by atoms with Crippen molar-refractivity contribution in [3.05, 3.63) is 39.0 Å². The standard InChI is InChI=1S/C10H8BrCl2N5/c11-7-9(15-4-16-10(7)18-14)17-6-3-1-2-5(12)8(6)13/h1-4H,14H2,(H2,15,16,17,18). The molecule has 0 aliphatic rings. The highest BCUT2D eigenvalue weighted by Crippen LogP contribution is 2.34. The molecule has 1 heterocycles. The van der Waals surface area contributed by atoms with Crippen molar-refractivity contribution in [1.29, 1.82) is 0 Å². The fraction of sp³-hybridized carbons (Fsp3) is 0. The molecule has 4 N–H and O–H groups in total. The summed E-state index contributed by atoms with van der Waals surface area (Å²) in [4.78, 5) is 8.03. The van der Waals surface area contributed by atoms with E-state index in [0.29, 0.717) is 31.8 Å². The Hall–Kier alpha value is -1.08. The molecular formula is C10H8BrCl2N5. The molecule has 1 aromatic carbocycles. The third-order valence-corrected chi connectivity index (χ3v) is 3.70. The van der Waals surface area contributed by atoms with Crippen molar-refractivity contribution in [2.75, 3.05) is 10.7 Å². The van der Waals surface area contributed by atoms with Gasteiger partial charge in [-0.1, -0.05) is 29.3 Å². The Balaban J connectivity index is 2.37. The lowest BCUT2D eigenvalue weighted by Gasteiger charge is -2.11. The summed E-state index contributed by atoms with van der Waals surface area (Å²) >= 11 is 15.3. The third kappa shape index (κ3) is 2.67. The fourth-order valence-electron chi connectivity index (χ4n) is 1.29. The van der Waals surface area contributed by atoms with Crippen LogP contribution in [-0.2, 0) is 0 Å². The molecule has 0 unspecified atom stereocenters. The highest BCUT2D eigenvalue weighted by atomic mass is 79.9.